The molecule has 26 heavy (non-hydrogen) atoms. The zero-order valence-corrected chi connectivity index (χ0v) is 20.0. The Hall–Kier alpha value is -0.789. The number of hydrogen-bond donors (Lipinski definition) is 0. The van der Waals surface area contributed by atoms with Gasteiger partial charge in [-0.3, -0.25) is 0 Å². The van der Waals surface area contributed by atoms with Crippen LogP contribution in [-0.2, 0) is 22.7 Å². The Morgan fingerprint density at radius 3 is 1.38 bits per heavy atom. The molecule has 0 aliphatic heterocycles. The normalized spacial score (nSPS) is 9.62. The molecule has 0 bridgehead atoms. The summed E-state index contributed by atoms with van der Waals surface area (Å²) in [6, 6.07) is 20.0. The van der Waals surface area contributed by atoms with Gasteiger partial charge in [0.2, 0.25) is 0 Å². The Bertz CT molecular complexity index is 623. The number of amides is 2. The van der Waals surface area contributed by atoms with Crippen molar-refractivity contribution in [1.82, 2.24) is 1.97 Å². The Morgan fingerprint density at radius 1 is 0.731 bits per heavy atom. The summed E-state index contributed by atoms with van der Waals surface area (Å²) < 4.78 is 3.90. The van der Waals surface area contributed by atoms with Gasteiger partial charge in [0, 0.05) is 0 Å². The molecule has 0 radical (unpaired) electrons. The van der Waals surface area contributed by atoms with Crippen molar-refractivity contribution in [2.75, 3.05) is 0 Å². The summed E-state index contributed by atoms with van der Waals surface area (Å²) in [4.78, 5) is 24.9. The minimum absolute atomic E-state index is 0. The van der Waals surface area contributed by atoms with E-state index >= 15 is 0 Å². The predicted octanol–water partition coefficient (Wildman–Crippen LogP) is 0.783. The van der Waals surface area contributed by atoms with Crippen molar-refractivity contribution in [3.8, 4) is 0 Å². The number of carbonyl (C=O) groups is 2. The first-order valence-corrected chi connectivity index (χ1v) is 11.5. The van der Waals surface area contributed by atoms with Crippen LogP contribution < -0.4 is 17.0 Å². The van der Waals surface area contributed by atoms with E-state index < -0.39 is 37.5 Å². The summed E-state index contributed by atoms with van der Waals surface area (Å²) in [5.74, 6) is 0.267. The fourth-order valence-electron chi connectivity index (χ4n) is 2.42. The van der Waals surface area contributed by atoms with Crippen LogP contribution in [0.1, 0.15) is 37.8 Å². The maximum absolute atomic E-state index is 12.5. The molecule has 0 aliphatic rings. The van der Waals surface area contributed by atoms with Gasteiger partial charge in [0.15, 0.2) is 0 Å². The molecule has 2 amide bonds. The maximum atomic E-state index is 12.5. The fourth-order valence-corrected chi connectivity index (χ4v) is 6.71. The second kappa shape index (κ2) is 12.6. The zero-order chi connectivity index (χ0) is 18.1. The molecule has 2 aromatic carbocycles. The molecule has 4 nitrogen and oxygen atoms in total. The molecule has 2 aromatic rings. The third-order valence-electron chi connectivity index (χ3n) is 3.82. The molecule has 0 aliphatic carbocycles. The van der Waals surface area contributed by atoms with Crippen molar-refractivity contribution < 1.29 is 64.1 Å². The van der Waals surface area contributed by atoms with Crippen molar-refractivity contribution in [1.29, 1.82) is 0 Å². The molecule has 0 heterocycles. The molecule has 0 saturated carbocycles. The van der Waals surface area contributed by atoms with Gasteiger partial charge in [-0.1, -0.05) is 0 Å². The van der Waals surface area contributed by atoms with E-state index in [1.807, 2.05) is 76.5 Å². The van der Waals surface area contributed by atoms with E-state index in [0.29, 0.717) is 25.9 Å². The first-order chi connectivity index (χ1) is 12.1. The Kier molecular flexibility index (Phi) is 11.2. The van der Waals surface area contributed by atoms with E-state index in [4.69, 9.17) is 0 Å². The number of halogens is 1. The van der Waals surface area contributed by atoms with Crippen LogP contribution in [0.5, 0.6) is 0 Å². The van der Waals surface area contributed by atoms with Gasteiger partial charge >= 0.3 is 172 Å². The van der Waals surface area contributed by atoms with E-state index in [1.54, 1.807) is 0 Å². The average molecular weight is 549 g/mol. The van der Waals surface area contributed by atoms with Gasteiger partial charge in [0.1, 0.15) is 0 Å². The molecule has 0 unspecified atom stereocenters. The molecular weight excluding hydrogens is 524 g/mol. The van der Waals surface area contributed by atoms with E-state index in [0.717, 1.165) is 11.1 Å². The molecule has 137 valence electrons. The Morgan fingerprint density at radius 2 is 1.08 bits per heavy atom. The van der Waals surface area contributed by atoms with E-state index in [1.165, 1.54) is 0 Å². The minimum atomic E-state index is -1.80. The number of carbonyl (C=O) groups excluding carboxylic acids is 2. The summed E-state index contributed by atoms with van der Waals surface area (Å²) in [6.07, 6.45) is 0.943. The van der Waals surface area contributed by atoms with Crippen LogP contribution in [0, 0.1) is 37.5 Å². The minimum Gasteiger partial charge on any atom is -1.00 e. The van der Waals surface area contributed by atoms with E-state index in [2.05, 4.69) is 0 Å². The number of nitrogens with zero attached hydrogens (tertiary/aromatic N) is 2. The van der Waals surface area contributed by atoms with Gasteiger partial charge in [0.05, 0.1) is 0 Å². The molecule has 2 rings (SSSR count). The van der Waals surface area contributed by atoms with Crippen molar-refractivity contribution in [3.05, 3.63) is 71.8 Å². The summed E-state index contributed by atoms with van der Waals surface area (Å²) in [6.45, 7) is 4.96. The molecule has 6 heteroatoms. The van der Waals surface area contributed by atoms with Crippen LogP contribution in [0.25, 0.3) is 0 Å². The first kappa shape index (κ1) is 23.3. The second-order valence-electron chi connectivity index (χ2n) is 5.74. The molecule has 0 N–H and O–H groups in total. The van der Waals surface area contributed by atoms with Gasteiger partial charge < -0.3 is 17.0 Å². The topological polar surface area (TPSA) is 40.6 Å². The van der Waals surface area contributed by atoms with Crippen LogP contribution in [0.4, 0.5) is 0 Å². The van der Waals surface area contributed by atoms with Gasteiger partial charge in [-0.15, -0.1) is 0 Å². The predicted molar refractivity (Wildman–Crippen MR) is 94.6 cm³/mol. The number of rotatable bonds is 8. The quantitative estimate of drug-likeness (QED) is 0.490. The third-order valence-corrected chi connectivity index (χ3v) is 7.98. The zero-order valence-electron chi connectivity index (χ0n) is 15.2. The SMILES string of the molecule is CCC(=O)[N](Cc1ccccc1)[Nd+][N](Cc1ccccc1)C(=O)CC.[Br-]. The molecule has 0 fully saturated rings. The van der Waals surface area contributed by atoms with Gasteiger partial charge in [0.25, 0.3) is 0 Å². The van der Waals surface area contributed by atoms with Gasteiger partial charge in [-0.2, -0.15) is 0 Å². The summed E-state index contributed by atoms with van der Waals surface area (Å²) in [5, 5.41) is 0. The van der Waals surface area contributed by atoms with Crippen LogP contribution in [0.2, 0.25) is 0 Å². The van der Waals surface area contributed by atoms with Crippen LogP contribution in [-0.4, -0.2) is 13.8 Å². The number of benzene rings is 2. The largest absolute Gasteiger partial charge is 1.00 e. The summed E-state index contributed by atoms with van der Waals surface area (Å²) in [5.41, 5.74) is 2.22. The smallest absolute Gasteiger partial charge is 1.00 e. The third kappa shape index (κ3) is 7.45. The maximum Gasteiger partial charge on any atom is -1.00 e. The molecular formula is C20H24BrN2NdO2. The summed E-state index contributed by atoms with van der Waals surface area (Å²) >= 11 is -1.80. The van der Waals surface area contributed by atoms with Crippen molar-refractivity contribution in [3.63, 3.8) is 0 Å². The second-order valence-corrected chi connectivity index (χ2v) is 9.84. The van der Waals surface area contributed by atoms with Crippen LogP contribution in [0.3, 0.4) is 0 Å². The monoisotopic (exact) mass is 545 g/mol. The van der Waals surface area contributed by atoms with Crippen LogP contribution in [0.15, 0.2) is 60.7 Å². The standard InChI is InChI=1S/2C10H13NO.BrH.Nd/c2*1-2-10(12)11-8-9-6-4-3-5-7-9;;/h2*3-7H,2,8H2,1H3,(H,11,12);1H;/q;;;+3/p-3. The fraction of sp³-hybridized carbons (Fsp3) is 0.300. The molecule has 0 spiro atoms. The molecule has 0 saturated heterocycles. The van der Waals surface area contributed by atoms with Gasteiger partial charge in [-0.25, -0.2) is 0 Å². The van der Waals surface area contributed by atoms with E-state index in [9.17, 15) is 9.59 Å². The van der Waals surface area contributed by atoms with Crippen molar-refractivity contribution >= 4 is 11.8 Å². The van der Waals surface area contributed by atoms with Crippen molar-refractivity contribution in [2.24, 2.45) is 0 Å². The van der Waals surface area contributed by atoms with Crippen molar-refractivity contribution in [2.45, 2.75) is 39.8 Å². The summed E-state index contributed by atoms with van der Waals surface area (Å²) in [7, 11) is 0. The Balaban J connectivity index is 0.00000338. The number of hydrogen-bond acceptors (Lipinski definition) is 2. The van der Waals surface area contributed by atoms with Gasteiger partial charge in [-0.05, 0) is 0 Å². The first-order valence-electron chi connectivity index (χ1n) is 8.58. The van der Waals surface area contributed by atoms with Crippen LogP contribution >= 0.6 is 0 Å². The average Bonchev–Trinajstić information content (AvgIpc) is 2.67. The van der Waals surface area contributed by atoms with E-state index in [-0.39, 0.29) is 28.8 Å². The molecule has 0 aromatic heterocycles. The Labute approximate surface area is 187 Å². The molecule has 0 atom stereocenters.